The van der Waals surface area contributed by atoms with Crippen LogP contribution in [0.4, 0.5) is 0 Å². The van der Waals surface area contributed by atoms with Crippen LogP contribution in [0.2, 0.25) is 0 Å². The van der Waals surface area contributed by atoms with Crippen molar-refractivity contribution in [3.8, 4) is 0 Å². The van der Waals surface area contributed by atoms with Gasteiger partial charge in [0.15, 0.2) is 0 Å². The van der Waals surface area contributed by atoms with Gasteiger partial charge in [0.1, 0.15) is 6.61 Å². The molecule has 1 aliphatic heterocycles. The van der Waals surface area contributed by atoms with E-state index < -0.39 is 0 Å². The lowest BCUT2D eigenvalue weighted by atomic mass is 9.88. The number of hydrogen-bond donors (Lipinski definition) is 0. The average Bonchev–Trinajstić information content (AvgIpc) is 2.28. The molecule has 0 amide bonds. The first-order valence-electron chi connectivity index (χ1n) is 6.58. The minimum absolute atomic E-state index is 0.412. The average molecular weight is 243 g/mol. The fourth-order valence-corrected chi connectivity index (χ4v) is 2.24. The van der Waals surface area contributed by atoms with Crippen molar-refractivity contribution in [2.75, 3.05) is 6.61 Å². The van der Waals surface area contributed by atoms with Crippen molar-refractivity contribution in [2.45, 2.75) is 33.6 Å². The Bertz CT molecular complexity index is 484. The molecule has 0 fully saturated rings. The third-order valence-corrected chi connectivity index (χ3v) is 3.17. The van der Waals surface area contributed by atoms with Gasteiger partial charge >= 0.3 is 0 Å². The van der Waals surface area contributed by atoms with E-state index in [-0.39, 0.29) is 0 Å². The molecule has 2 heteroatoms. The van der Waals surface area contributed by atoms with Crippen LogP contribution in [0.3, 0.4) is 0 Å². The van der Waals surface area contributed by atoms with Gasteiger partial charge in [0.25, 0.3) is 0 Å². The molecule has 0 saturated carbocycles. The Morgan fingerprint density at radius 2 is 1.94 bits per heavy atom. The topological polar surface area (TPSA) is 22.1 Å². The molecule has 1 aromatic heterocycles. The van der Waals surface area contributed by atoms with Crippen molar-refractivity contribution < 1.29 is 4.74 Å². The molecule has 0 saturated heterocycles. The van der Waals surface area contributed by atoms with Crippen molar-refractivity contribution in [1.29, 1.82) is 0 Å². The molecule has 0 aliphatic carbocycles. The zero-order valence-electron chi connectivity index (χ0n) is 11.6. The summed E-state index contributed by atoms with van der Waals surface area (Å²) in [5.41, 5.74) is 4.89. The minimum Gasteiger partial charge on any atom is -0.497 e. The fraction of sp³-hybridized carbons (Fsp3) is 0.438. The van der Waals surface area contributed by atoms with Crippen LogP contribution < -0.4 is 0 Å². The highest BCUT2D eigenvalue weighted by atomic mass is 16.5. The molecule has 0 unspecified atom stereocenters. The van der Waals surface area contributed by atoms with Crippen LogP contribution in [0.5, 0.6) is 0 Å². The molecule has 1 aliphatic rings. The summed E-state index contributed by atoms with van der Waals surface area (Å²) in [6.07, 6.45) is 7.99. The van der Waals surface area contributed by atoms with E-state index in [0.29, 0.717) is 18.4 Å². The molecule has 2 heterocycles. The summed E-state index contributed by atoms with van der Waals surface area (Å²) in [4.78, 5) is 4.57. The molecule has 0 radical (unpaired) electrons. The molecule has 0 aromatic carbocycles. The summed E-state index contributed by atoms with van der Waals surface area (Å²) in [6, 6.07) is 2.08. The Balaban J connectivity index is 2.67. The predicted octanol–water partition coefficient (Wildman–Crippen LogP) is 4.25. The van der Waals surface area contributed by atoms with Crippen LogP contribution in [0.25, 0.3) is 11.6 Å². The Hall–Kier alpha value is -1.57. The van der Waals surface area contributed by atoms with E-state index in [2.05, 4.69) is 50.9 Å². The highest BCUT2D eigenvalue weighted by Crippen LogP contribution is 2.33. The minimum atomic E-state index is 0.412. The van der Waals surface area contributed by atoms with E-state index in [1.807, 2.05) is 12.5 Å². The van der Waals surface area contributed by atoms with Crippen molar-refractivity contribution in [1.82, 2.24) is 4.98 Å². The van der Waals surface area contributed by atoms with Gasteiger partial charge in [0.2, 0.25) is 0 Å². The predicted molar refractivity (Wildman–Crippen MR) is 76.1 cm³/mol. The Morgan fingerprint density at radius 1 is 1.17 bits per heavy atom. The lowest BCUT2D eigenvalue weighted by Gasteiger charge is -2.21. The number of nitrogens with zero attached hydrogens (tertiary/aromatic N) is 1. The molecular weight excluding hydrogens is 222 g/mol. The second kappa shape index (κ2) is 5.38. The van der Waals surface area contributed by atoms with Crippen LogP contribution in [0, 0.1) is 5.92 Å². The Morgan fingerprint density at radius 3 is 2.61 bits per heavy atom. The molecule has 0 atom stereocenters. The SMILES string of the molecule is CC(C)/C1=C/OC/C=C\c2ccnc(C(C)C)c21. The van der Waals surface area contributed by atoms with Gasteiger partial charge in [-0.25, -0.2) is 0 Å². The van der Waals surface area contributed by atoms with Crippen LogP contribution in [0.15, 0.2) is 24.6 Å². The van der Waals surface area contributed by atoms with Crippen LogP contribution in [0.1, 0.15) is 50.4 Å². The van der Waals surface area contributed by atoms with Crippen LogP contribution in [-0.4, -0.2) is 11.6 Å². The van der Waals surface area contributed by atoms with Crippen molar-refractivity contribution in [2.24, 2.45) is 5.92 Å². The zero-order chi connectivity index (χ0) is 13.1. The summed E-state index contributed by atoms with van der Waals surface area (Å²) in [6.45, 7) is 9.39. The molecular formula is C16H21NO. The van der Waals surface area contributed by atoms with E-state index in [1.165, 1.54) is 16.7 Å². The maximum atomic E-state index is 5.56. The third-order valence-electron chi connectivity index (χ3n) is 3.17. The first-order valence-corrected chi connectivity index (χ1v) is 6.58. The second-order valence-electron chi connectivity index (χ2n) is 5.28. The number of aromatic nitrogens is 1. The molecule has 18 heavy (non-hydrogen) atoms. The fourth-order valence-electron chi connectivity index (χ4n) is 2.24. The molecule has 2 rings (SSSR count). The highest BCUT2D eigenvalue weighted by Gasteiger charge is 2.18. The summed E-state index contributed by atoms with van der Waals surface area (Å²) < 4.78 is 5.56. The van der Waals surface area contributed by atoms with Crippen LogP contribution >= 0.6 is 0 Å². The lowest BCUT2D eigenvalue weighted by molar-refractivity contribution is 0.290. The lowest BCUT2D eigenvalue weighted by Crippen LogP contribution is -2.07. The molecule has 2 nitrogen and oxygen atoms in total. The van der Waals surface area contributed by atoms with Gasteiger partial charge < -0.3 is 4.74 Å². The van der Waals surface area contributed by atoms with E-state index >= 15 is 0 Å². The van der Waals surface area contributed by atoms with Gasteiger partial charge in [0, 0.05) is 11.8 Å². The summed E-state index contributed by atoms with van der Waals surface area (Å²) >= 11 is 0. The summed E-state index contributed by atoms with van der Waals surface area (Å²) in [5.74, 6) is 0.840. The van der Waals surface area contributed by atoms with Gasteiger partial charge in [-0.05, 0) is 35.1 Å². The van der Waals surface area contributed by atoms with Crippen molar-refractivity contribution in [3.05, 3.63) is 41.4 Å². The van der Waals surface area contributed by atoms with E-state index in [4.69, 9.17) is 4.74 Å². The van der Waals surface area contributed by atoms with E-state index in [9.17, 15) is 0 Å². The molecule has 0 N–H and O–H groups in total. The van der Waals surface area contributed by atoms with Gasteiger partial charge in [-0.15, -0.1) is 0 Å². The van der Waals surface area contributed by atoms with E-state index in [0.717, 1.165) is 5.69 Å². The number of rotatable bonds is 2. The van der Waals surface area contributed by atoms with Gasteiger partial charge in [-0.2, -0.15) is 0 Å². The highest BCUT2D eigenvalue weighted by molar-refractivity contribution is 5.76. The maximum absolute atomic E-state index is 5.56. The van der Waals surface area contributed by atoms with Crippen molar-refractivity contribution in [3.63, 3.8) is 0 Å². The summed E-state index contributed by atoms with van der Waals surface area (Å²) in [5, 5.41) is 0. The first kappa shape index (κ1) is 12.9. The maximum Gasteiger partial charge on any atom is 0.106 e. The van der Waals surface area contributed by atoms with Crippen LogP contribution in [-0.2, 0) is 4.74 Å². The molecule has 96 valence electrons. The zero-order valence-corrected chi connectivity index (χ0v) is 11.6. The van der Waals surface area contributed by atoms with E-state index in [1.54, 1.807) is 0 Å². The Labute approximate surface area is 109 Å². The normalized spacial score (nSPS) is 19.6. The number of ether oxygens (including phenoxy) is 1. The smallest absolute Gasteiger partial charge is 0.106 e. The standard InChI is InChI=1S/C16H21NO/c1-11(2)14-10-18-9-5-6-13-7-8-17-16(12(3)4)15(13)14/h5-8,10-12H,9H2,1-4H3/b6-5-,14-10-. The number of pyridine rings is 1. The first-order chi connectivity index (χ1) is 8.61. The van der Waals surface area contributed by atoms with Gasteiger partial charge in [-0.1, -0.05) is 33.8 Å². The largest absolute Gasteiger partial charge is 0.497 e. The number of fused-ring (bicyclic) bond motifs is 1. The summed E-state index contributed by atoms with van der Waals surface area (Å²) in [7, 11) is 0. The molecule has 0 bridgehead atoms. The Kier molecular flexibility index (Phi) is 3.85. The number of hydrogen-bond acceptors (Lipinski definition) is 2. The quantitative estimate of drug-likeness (QED) is 0.775. The number of allylic oxidation sites excluding steroid dienone is 1. The second-order valence-corrected chi connectivity index (χ2v) is 5.28. The molecule has 0 spiro atoms. The van der Waals surface area contributed by atoms with Gasteiger partial charge in [-0.3, -0.25) is 4.98 Å². The van der Waals surface area contributed by atoms with Gasteiger partial charge in [0.05, 0.1) is 12.0 Å². The molecule has 1 aromatic rings. The monoisotopic (exact) mass is 243 g/mol. The van der Waals surface area contributed by atoms with Crippen molar-refractivity contribution >= 4 is 11.6 Å². The third kappa shape index (κ3) is 2.47.